The Bertz CT molecular complexity index is 991. The van der Waals surface area contributed by atoms with Crippen LogP contribution in [0.25, 0.3) is 0 Å². The summed E-state index contributed by atoms with van der Waals surface area (Å²) in [6.45, 7) is 4.14. The van der Waals surface area contributed by atoms with E-state index < -0.39 is 12.0 Å². The second-order valence-electron chi connectivity index (χ2n) is 6.61. The van der Waals surface area contributed by atoms with Crippen LogP contribution in [0, 0.1) is 0 Å². The minimum Gasteiger partial charge on any atom is -0.489 e. The number of hydrogen-bond donors (Lipinski definition) is 2. The number of urea groups is 1. The van der Waals surface area contributed by atoms with Gasteiger partial charge in [0.05, 0.1) is 28.3 Å². The molecule has 0 saturated heterocycles. The number of benzene rings is 2. The molecule has 3 rings (SSSR count). The molecule has 0 radical (unpaired) electrons. The van der Waals surface area contributed by atoms with E-state index in [4.69, 9.17) is 32.7 Å². The molecular formula is C22H22Cl2N2O4. The van der Waals surface area contributed by atoms with Crippen LogP contribution in [-0.2, 0) is 16.1 Å². The Morgan fingerprint density at radius 2 is 1.90 bits per heavy atom. The van der Waals surface area contributed by atoms with Crippen molar-refractivity contribution < 1.29 is 19.1 Å². The molecule has 0 spiro atoms. The second kappa shape index (κ2) is 9.87. The number of esters is 1. The van der Waals surface area contributed by atoms with Gasteiger partial charge in [-0.3, -0.25) is 0 Å². The van der Waals surface area contributed by atoms with Crippen molar-refractivity contribution in [1.82, 2.24) is 10.6 Å². The van der Waals surface area contributed by atoms with Gasteiger partial charge in [-0.15, -0.1) is 0 Å². The Morgan fingerprint density at radius 3 is 2.60 bits per heavy atom. The average molecular weight is 449 g/mol. The Labute approximate surface area is 185 Å². The van der Waals surface area contributed by atoms with Gasteiger partial charge in [-0.25, -0.2) is 9.59 Å². The summed E-state index contributed by atoms with van der Waals surface area (Å²) in [5.74, 6) is 0.126. The van der Waals surface area contributed by atoms with Crippen LogP contribution in [-0.4, -0.2) is 18.6 Å². The van der Waals surface area contributed by atoms with Crippen LogP contribution in [0.5, 0.6) is 5.75 Å². The SMILES string of the molecule is CCOC(=O)C1=C(CC)NC(=O)NC1c1cccc(OCc2ccc(Cl)c(Cl)c2)c1. The third-order valence-corrected chi connectivity index (χ3v) is 5.32. The molecule has 1 unspecified atom stereocenters. The zero-order chi connectivity index (χ0) is 21.7. The number of hydrogen-bond acceptors (Lipinski definition) is 4. The largest absolute Gasteiger partial charge is 0.489 e. The summed E-state index contributed by atoms with van der Waals surface area (Å²) in [6.07, 6.45) is 0.492. The van der Waals surface area contributed by atoms with Crippen LogP contribution in [0.1, 0.15) is 37.4 Å². The molecule has 1 aliphatic heterocycles. The molecule has 1 heterocycles. The molecule has 2 aromatic carbocycles. The fraction of sp³-hybridized carbons (Fsp3) is 0.273. The number of rotatable bonds is 7. The van der Waals surface area contributed by atoms with Gasteiger partial charge >= 0.3 is 12.0 Å². The maximum atomic E-state index is 12.6. The highest BCUT2D eigenvalue weighted by atomic mass is 35.5. The molecule has 1 aliphatic rings. The first-order valence-electron chi connectivity index (χ1n) is 9.57. The Kier molecular flexibility index (Phi) is 7.24. The quantitative estimate of drug-likeness (QED) is 0.573. The highest BCUT2D eigenvalue weighted by Gasteiger charge is 2.33. The molecule has 158 valence electrons. The van der Waals surface area contributed by atoms with Crippen LogP contribution in [0.2, 0.25) is 10.0 Å². The summed E-state index contributed by atoms with van der Waals surface area (Å²) in [5, 5.41) is 6.44. The Morgan fingerprint density at radius 1 is 1.10 bits per heavy atom. The lowest BCUT2D eigenvalue weighted by Crippen LogP contribution is -2.45. The number of carbonyl (C=O) groups is 2. The average Bonchev–Trinajstić information content (AvgIpc) is 2.74. The van der Waals surface area contributed by atoms with Gasteiger partial charge in [0.25, 0.3) is 0 Å². The van der Waals surface area contributed by atoms with Crippen molar-refractivity contribution in [3.05, 3.63) is 74.9 Å². The summed E-state index contributed by atoms with van der Waals surface area (Å²) < 4.78 is 11.1. The van der Waals surface area contributed by atoms with Gasteiger partial charge < -0.3 is 20.1 Å². The molecule has 2 amide bonds. The molecule has 0 fully saturated rings. The van der Waals surface area contributed by atoms with Gasteiger partial charge in [-0.2, -0.15) is 0 Å². The zero-order valence-electron chi connectivity index (χ0n) is 16.6. The van der Waals surface area contributed by atoms with Gasteiger partial charge in [0.15, 0.2) is 0 Å². The highest BCUT2D eigenvalue weighted by molar-refractivity contribution is 6.42. The first kappa shape index (κ1) is 22.0. The van der Waals surface area contributed by atoms with E-state index in [-0.39, 0.29) is 12.6 Å². The molecule has 2 N–H and O–H groups in total. The monoisotopic (exact) mass is 448 g/mol. The van der Waals surface area contributed by atoms with Gasteiger partial charge in [0, 0.05) is 5.70 Å². The van der Waals surface area contributed by atoms with Crippen LogP contribution in [0.3, 0.4) is 0 Å². The number of carbonyl (C=O) groups excluding carboxylic acids is 2. The molecule has 1 atom stereocenters. The summed E-state index contributed by atoms with van der Waals surface area (Å²) >= 11 is 12.0. The fourth-order valence-corrected chi connectivity index (χ4v) is 3.50. The first-order chi connectivity index (χ1) is 14.4. The number of amides is 2. The fourth-order valence-electron chi connectivity index (χ4n) is 3.18. The number of ether oxygens (including phenoxy) is 2. The smallest absolute Gasteiger partial charge is 0.338 e. The van der Waals surface area contributed by atoms with Crippen molar-refractivity contribution in [3.8, 4) is 5.75 Å². The molecule has 6 nitrogen and oxygen atoms in total. The maximum absolute atomic E-state index is 12.6. The van der Waals surface area contributed by atoms with E-state index in [1.54, 1.807) is 31.2 Å². The van der Waals surface area contributed by atoms with E-state index >= 15 is 0 Å². The Balaban J connectivity index is 1.86. The topological polar surface area (TPSA) is 76.7 Å². The Hall–Kier alpha value is -2.70. The van der Waals surface area contributed by atoms with E-state index in [2.05, 4.69) is 10.6 Å². The third-order valence-electron chi connectivity index (χ3n) is 4.58. The summed E-state index contributed by atoms with van der Waals surface area (Å²) in [6, 6.07) is 11.5. The van der Waals surface area contributed by atoms with Crippen LogP contribution >= 0.6 is 23.2 Å². The second-order valence-corrected chi connectivity index (χ2v) is 7.42. The lowest BCUT2D eigenvalue weighted by atomic mass is 9.94. The molecule has 0 aromatic heterocycles. The van der Waals surface area contributed by atoms with Crippen LogP contribution in [0.4, 0.5) is 4.79 Å². The van der Waals surface area contributed by atoms with Gasteiger partial charge in [0.2, 0.25) is 0 Å². The number of nitrogens with one attached hydrogen (secondary N) is 2. The molecule has 30 heavy (non-hydrogen) atoms. The van der Waals surface area contributed by atoms with Crippen molar-refractivity contribution in [3.63, 3.8) is 0 Å². The van der Waals surface area contributed by atoms with E-state index in [0.717, 1.165) is 5.56 Å². The highest BCUT2D eigenvalue weighted by Crippen LogP contribution is 2.31. The molecular weight excluding hydrogens is 427 g/mol. The number of allylic oxidation sites excluding steroid dienone is 1. The summed E-state index contributed by atoms with van der Waals surface area (Å²) in [4.78, 5) is 24.7. The predicted octanol–water partition coefficient (Wildman–Crippen LogP) is 5.15. The van der Waals surface area contributed by atoms with Crippen molar-refractivity contribution in [2.45, 2.75) is 32.9 Å². The molecule has 8 heteroatoms. The zero-order valence-corrected chi connectivity index (χ0v) is 18.1. The molecule has 0 aliphatic carbocycles. The molecule has 2 aromatic rings. The first-order valence-corrected chi connectivity index (χ1v) is 10.3. The number of halogens is 2. The van der Waals surface area contributed by atoms with Gasteiger partial charge in [-0.05, 0) is 48.7 Å². The normalized spacial score (nSPS) is 16.0. The van der Waals surface area contributed by atoms with Crippen molar-refractivity contribution in [1.29, 1.82) is 0 Å². The minimum atomic E-state index is -0.638. The van der Waals surface area contributed by atoms with Crippen LogP contribution < -0.4 is 15.4 Å². The standard InChI is InChI=1S/C22H22Cl2N2O4/c1-3-18-19(21(27)29-4-2)20(26-22(28)25-18)14-6-5-7-15(11-14)30-12-13-8-9-16(23)17(24)10-13/h5-11,20H,3-4,12H2,1-2H3,(H2,25,26,28). The molecule has 0 bridgehead atoms. The van der Waals surface area contributed by atoms with E-state index in [9.17, 15) is 9.59 Å². The van der Waals surface area contributed by atoms with Crippen molar-refractivity contribution in [2.24, 2.45) is 0 Å². The van der Waals surface area contributed by atoms with E-state index in [1.807, 2.05) is 25.1 Å². The van der Waals surface area contributed by atoms with Gasteiger partial charge in [0.1, 0.15) is 12.4 Å². The summed E-state index contributed by atoms with van der Waals surface area (Å²) in [5.41, 5.74) is 2.51. The van der Waals surface area contributed by atoms with Gasteiger partial charge in [-0.1, -0.05) is 48.3 Å². The summed E-state index contributed by atoms with van der Waals surface area (Å²) in [7, 11) is 0. The lowest BCUT2D eigenvalue weighted by molar-refractivity contribution is -0.139. The van der Waals surface area contributed by atoms with Crippen LogP contribution in [0.15, 0.2) is 53.7 Å². The van der Waals surface area contributed by atoms with Crippen molar-refractivity contribution in [2.75, 3.05) is 6.61 Å². The van der Waals surface area contributed by atoms with Crippen molar-refractivity contribution >= 4 is 35.2 Å². The minimum absolute atomic E-state index is 0.243. The maximum Gasteiger partial charge on any atom is 0.338 e. The lowest BCUT2D eigenvalue weighted by Gasteiger charge is -2.29. The predicted molar refractivity (Wildman–Crippen MR) is 116 cm³/mol. The van der Waals surface area contributed by atoms with E-state index in [1.165, 1.54) is 0 Å². The van der Waals surface area contributed by atoms with E-state index in [0.29, 0.717) is 45.7 Å². The third kappa shape index (κ3) is 5.07. The molecule has 0 saturated carbocycles.